The number of benzene rings is 1. The molecule has 1 aliphatic heterocycles. The number of amides is 1. The van der Waals surface area contributed by atoms with Crippen LogP contribution in [-0.4, -0.2) is 47.4 Å². The Kier molecular flexibility index (Phi) is 5.47. The van der Waals surface area contributed by atoms with Crippen molar-refractivity contribution in [1.29, 1.82) is 0 Å². The van der Waals surface area contributed by atoms with Gasteiger partial charge in [-0.1, -0.05) is 12.1 Å². The fourth-order valence-electron chi connectivity index (χ4n) is 2.55. The molecule has 5 nitrogen and oxygen atoms in total. The third-order valence-corrected chi connectivity index (χ3v) is 4.45. The summed E-state index contributed by atoms with van der Waals surface area (Å²) in [6.07, 6.45) is 2.74. The van der Waals surface area contributed by atoms with Gasteiger partial charge in [-0.25, -0.2) is 0 Å². The van der Waals surface area contributed by atoms with Gasteiger partial charge in [-0.3, -0.25) is 4.79 Å². The van der Waals surface area contributed by atoms with Crippen LogP contribution in [-0.2, 0) is 11.2 Å². The van der Waals surface area contributed by atoms with E-state index in [1.807, 2.05) is 32.2 Å². The fourth-order valence-corrected chi connectivity index (χ4v) is 3.27. The average Bonchev–Trinajstić information content (AvgIpc) is 2.77. The summed E-state index contributed by atoms with van der Waals surface area (Å²) in [5, 5.41) is 12.7. The van der Waals surface area contributed by atoms with Crippen molar-refractivity contribution in [2.24, 2.45) is 0 Å². The molecular weight excluding hydrogens is 314 g/mol. The van der Waals surface area contributed by atoms with Crippen LogP contribution >= 0.6 is 11.8 Å². The van der Waals surface area contributed by atoms with Gasteiger partial charge in [0.15, 0.2) is 18.1 Å². The van der Waals surface area contributed by atoms with Gasteiger partial charge < -0.3 is 19.9 Å². The number of rotatable bonds is 7. The smallest absolute Gasteiger partial charge is 0.258 e. The predicted molar refractivity (Wildman–Crippen MR) is 92.4 cm³/mol. The van der Waals surface area contributed by atoms with Crippen molar-refractivity contribution in [3.63, 3.8) is 0 Å². The van der Waals surface area contributed by atoms with Crippen LogP contribution in [0.15, 0.2) is 18.2 Å². The normalized spacial score (nSPS) is 17.8. The van der Waals surface area contributed by atoms with E-state index in [0.29, 0.717) is 11.5 Å². The highest BCUT2D eigenvalue weighted by molar-refractivity contribution is 7.98. The molecule has 0 saturated carbocycles. The van der Waals surface area contributed by atoms with Crippen molar-refractivity contribution in [3.8, 4) is 11.5 Å². The van der Waals surface area contributed by atoms with Crippen molar-refractivity contribution >= 4 is 17.7 Å². The number of hydrogen-bond acceptors (Lipinski definition) is 5. The first kappa shape index (κ1) is 17.9. The van der Waals surface area contributed by atoms with Gasteiger partial charge in [0.05, 0.1) is 5.60 Å². The van der Waals surface area contributed by atoms with E-state index >= 15 is 0 Å². The van der Waals surface area contributed by atoms with E-state index in [0.717, 1.165) is 17.7 Å². The number of hydrogen-bond donors (Lipinski definition) is 2. The zero-order valence-electron chi connectivity index (χ0n) is 14.1. The molecule has 1 aromatic carbocycles. The second kappa shape index (κ2) is 7.01. The Morgan fingerprint density at radius 2 is 2.26 bits per heavy atom. The Bertz CT molecular complexity index is 572. The number of nitrogens with one attached hydrogen (secondary N) is 1. The summed E-state index contributed by atoms with van der Waals surface area (Å²) in [6, 6.07) is 5.72. The van der Waals surface area contributed by atoms with E-state index in [1.54, 1.807) is 13.0 Å². The molecule has 0 aliphatic carbocycles. The molecule has 1 unspecified atom stereocenters. The molecule has 0 spiro atoms. The van der Waals surface area contributed by atoms with E-state index in [-0.39, 0.29) is 24.7 Å². The molecule has 2 rings (SSSR count). The molecule has 6 heteroatoms. The molecule has 0 radical (unpaired) electrons. The van der Waals surface area contributed by atoms with Crippen molar-refractivity contribution in [1.82, 2.24) is 5.32 Å². The molecule has 0 bridgehead atoms. The summed E-state index contributed by atoms with van der Waals surface area (Å²) < 4.78 is 11.5. The lowest BCUT2D eigenvalue weighted by molar-refractivity contribution is -0.124. The van der Waals surface area contributed by atoms with E-state index in [2.05, 4.69) is 5.32 Å². The van der Waals surface area contributed by atoms with E-state index in [9.17, 15) is 9.90 Å². The minimum absolute atomic E-state index is 0.102. The summed E-state index contributed by atoms with van der Waals surface area (Å²) in [6.45, 7) is 5.85. The number of fused-ring (bicyclic) bond motifs is 1. The Balaban J connectivity index is 1.88. The van der Waals surface area contributed by atoms with Crippen LogP contribution in [0.3, 0.4) is 0 Å². The SMILES string of the molecule is CSCC(C)(O)CNC(=O)COc1cccc2c1OC(C)(C)C2. The maximum Gasteiger partial charge on any atom is 0.258 e. The van der Waals surface area contributed by atoms with Crippen LogP contribution in [0.25, 0.3) is 0 Å². The molecule has 0 fully saturated rings. The van der Waals surface area contributed by atoms with Gasteiger partial charge >= 0.3 is 0 Å². The minimum Gasteiger partial charge on any atom is -0.483 e. The molecule has 1 aliphatic rings. The molecule has 1 aromatic rings. The number of thioether (sulfide) groups is 1. The molecule has 0 aromatic heterocycles. The van der Waals surface area contributed by atoms with Crippen LogP contribution in [0.1, 0.15) is 26.3 Å². The Morgan fingerprint density at radius 1 is 1.52 bits per heavy atom. The summed E-state index contributed by atoms with van der Waals surface area (Å²) >= 11 is 1.53. The van der Waals surface area contributed by atoms with Crippen LogP contribution in [0.2, 0.25) is 0 Å². The monoisotopic (exact) mass is 339 g/mol. The molecule has 2 N–H and O–H groups in total. The Labute approximate surface area is 141 Å². The first-order chi connectivity index (χ1) is 10.7. The van der Waals surface area contributed by atoms with Crippen LogP contribution in [0, 0.1) is 0 Å². The Hall–Kier alpha value is -1.40. The third-order valence-electron chi connectivity index (χ3n) is 3.54. The molecule has 1 atom stereocenters. The highest BCUT2D eigenvalue weighted by atomic mass is 32.2. The summed E-state index contributed by atoms with van der Waals surface area (Å²) in [7, 11) is 0. The lowest BCUT2D eigenvalue weighted by Crippen LogP contribution is -2.43. The second-order valence-corrected chi connectivity index (χ2v) is 7.64. The minimum atomic E-state index is -0.920. The highest BCUT2D eigenvalue weighted by Gasteiger charge is 2.32. The number of ether oxygens (including phenoxy) is 2. The van der Waals surface area contributed by atoms with Crippen molar-refractivity contribution in [3.05, 3.63) is 23.8 Å². The molecule has 128 valence electrons. The summed E-state index contributed by atoms with van der Waals surface area (Å²) in [5.74, 6) is 1.60. The Morgan fingerprint density at radius 3 is 2.96 bits per heavy atom. The zero-order chi connectivity index (χ0) is 17.1. The van der Waals surface area contributed by atoms with Gasteiger partial charge in [0.1, 0.15) is 5.60 Å². The average molecular weight is 339 g/mol. The highest BCUT2D eigenvalue weighted by Crippen LogP contribution is 2.41. The molecule has 1 amide bonds. The van der Waals surface area contributed by atoms with E-state index in [4.69, 9.17) is 9.47 Å². The number of carbonyl (C=O) groups excluding carboxylic acids is 1. The van der Waals surface area contributed by atoms with Gasteiger partial charge in [0, 0.05) is 24.3 Å². The summed E-state index contributed by atoms with van der Waals surface area (Å²) in [4.78, 5) is 11.9. The van der Waals surface area contributed by atoms with Crippen molar-refractivity contribution in [2.45, 2.75) is 38.4 Å². The fraction of sp³-hybridized carbons (Fsp3) is 0.588. The van der Waals surface area contributed by atoms with Gasteiger partial charge in [0.2, 0.25) is 0 Å². The standard InChI is InChI=1S/C17H25NO4S/c1-16(2)8-12-6-5-7-13(15(12)22-16)21-9-14(19)18-10-17(3,20)11-23-4/h5-7,20H,8-11H2,1-4H3,(H,18,19). The first-order valence-corrected chi connectivity index (χ1v) is 9.03. The number of carbonyl (C=O) groups is 1. The van der Waals surface area contributed by atoms with Gasteiger partial charge in [0.25, 0.3) is 5.91 Å². The predicted octanol–water partition coefficient (Wildman–Crippen LogP) is 2.01. The lowest BCUT2D eigenvalue weighted by Gasteiger charge is -2.22. The maximum absolute atomic E-state index is 11.9. The molecular formula is C17H25NO4S. The quantitative estimate of drug-likeness (QED) is 0.795. The lowest BCUT2D eigenvalue weighted by atomic mass is 10.0. The third kappa shape index (κ3) is 5.04. The van der Waals surface area contributed by atoms with Crippen LogP contribution < -0.4 is 14.8 Å². The number of para-hydroxylation sites is 1. The number of aliphatic hydroxyl groups is 1. The topological polar surface area (TPSA) is 67.8 Å². The second-order valence-electron chi connectivity index (χ2n) is 6.78. The molecule has 1 heterocycles. The van der Waals surface area contributed by atoms with Crippen molar-refractivity contribution < 1.29 is 19.4 Å². The zero-order valence-corrected chi connectivity index (χ0v) is 15.0. The van der Waals surface area contributed by atoms with Crippen LogP contribution in [0.5, 0.6) is 11.5 Å². The molecule has 23 heavy (non-hydrogen) atoms. The van der Waals surface area contributed by atoms with Crippen molar-refractivity contribution in [2.75, 3.05) is 25.2 Å². The van der Waals surface area contributed by atoms with Crippen LogP contribution in [0.4, 0.5) is 0 Å². The van der Waals surface area contributed by atoms with E-state index in [1.165, 1.54) is 11.8 Å². The largest absolute Gasteiger partial charge is 0.483 e. The molecule has 0 saturated heterocycles. The van der Waals surface area contributed by atoms with Gasteiger partial charge in [-0.2, -0.15) is 11.8 Å². The first-order valence-electron chi connectivity index (χ1n) is 7.64. The maximum atomic E-state index is 11.9. The van der Waals surface area contributed by atoms with Gasteiger partial charge in [-0.15, -0.1) is 0 Å². The summed E-state index contributed by atoms with van der Waals surface area (Å²) in [5.41, 5.74) is -0.0765. The van der Waals surface area contributed by atoms with E-state index < -0.39 is 5.60 Å². The van der Waals surface area contributed by atoms with Gasteiger partial charge in [-0.05, 0) is 33.1 Å².